The van der Waals surface area contributed by atoms with Gasteiger partial charge in [-0.3, -0.25) is 4.79 Å². The Morgan fingerprint density at radius 3 is 2.87 bits per heavy atom. The first-order chi connectivity index (χ1) is 7.22. The van der Waals surface area contributed by atoms with E-state index in [2.05, 4.69) is 12.2 Å². The molecule has 1 aliphatic carbocycles. The minimum atomic E-state index is 0.208. The molecule has 88 valence electrons. The largest absolute Gasteiger partial charge is 0.353 e. The molecule has 1 rings (SSSR count). The molecule has 3 heteroatoms. The minimum Gasteiger partial charge on any atom is -0.353 e. The summed E-state index contributed by atoms with van der Waals surface area (Å²) < 4.78 is 0. The number of carbonyl (C=O) groups excluding carboxylic acids is 1. The minimum absolute atomic E-state index is 0.208. The van der Waals surface area contributed by atoms with Gasteiger partial charge in [0.2, 0.25) is 5.91 Å². The maximum Gasteiger partial charge on any atom is 0.220 e. The van der Waals surface area contributed by atoms with Gasteiger partial charge in [0.1, 0.15) is 0 Å². The molecule has 15 heavy (non-hydrogen) atoms. The number of amides is 1. The number of carbonyl (C=O) groups is 1. The molecule has 2 nitrogen and oxygen atoms in total. The monoisotopic (exact) mass is 231 g/mol. The van der Waals surface area contributed by atoms with E-state index in [4.69, 9.17) is 11.6 Å². The zero-order valence-electron chi connectivity index (χ0n) is 9.60. The predicted octanol–water partition coefficient (Wildman–Crippen LogP) is 3.09. The van der Waals surface area contributed by atoms with Crippen LogP contribution in [0.15, 0.2) is 0 Å². The molecule has 0 bridgehead atoms. The Morgan fingerprint density at radius 1 is 1.40 bits per heavy atom. The summed E-state index contributed by atoms with van der Waals surface area (Å²) in [6.07, 6.45) is 7.38. The summed E-state index contributed by atoms with van der Waals surface area (Å²) in [6, 6.07) is 0.428. The topological polar surface area (TPSA) is 29.1 Å². The highest BCUT2D eigenvalue weighted by molar-refractivity contribution is 6.17. The van der Waals surface area contributed by atoms with Gasteiger partial charge in [-0.05, 0) is 31.6 Å². The zero-order chi connectivity index (χ0) is 11.1. The van der Waals surface area contributed by atoms with Crippen molar-refractivity contribution in [3.05, 3.63) is 0 Å². The fourth-order valence-electron chi connectivity index (χ4n) is 2.25. The van der Waals surface area contributed by atoms with Gasteiger partial charge in [0, 0.05) is 18.3 Å². The van der Waals surface area contributed by atoms with Crippen LogP contribution < -0.4 is 5.32 Å². The van der Waals surface area contributed by atoms with Gasteiger partial charge in [0.15, 0.2) is 0 Å². The molecule has 1 aliphatic rings. The molecule has 0 radical (unpaired) electrons. The van der Waals surface area contributed by atoms with E-state index < -0.39 is 0 Å². The Bertz CT molecular complexity index is 196. The van der Waals surface area contributed by atoms with Crippen LogP contribution in [0.4, 0.5) is 0 Å². The van der Waals surface area contributed by atoms with E-state index in [1.54, 1.807) is 0 Å². The first-order valence-electron chi connectivity index (χ1n) is 6.07. The molecule has 0 saturated heterocycles. The summed E-state index contributed by atoms with van der Waals surface area (Å²) in [5, 5.41) is 3.13. The first kappa shape index (κ1) is 12.8. The van der Waals surface area contributed by atoms with Crippen molar-refractivity contribution in [3.8, 4) is 0 Å². The SMILES string of the molecule is CC1CCCC(NC(=O)CCCCCl)C1. The van der Waals surface area contributed by atoms with Crippen molar-refractivity contribution in [2.24, 2.45) is 5.92 Å². The Balaban J connectivity index is 2.13. The third-order valence-electron chi connectivity index (χ3n) is 3.09. The normalized spacial score (nSPS) is 26.3. The molecule has 2 unspecified atom stereocenters. The molecule has 0 heterocycles. The Morgan fingerprint density at radius 2 is 2.20 bits per heavy atom. The zero-order valence-corrected chi connectivity index (χ0v) is 10.4. The molecule has 1 amide bonds. The van der Waals surface area contributed by atoms with Crippen molar-refractivity contribution in [3.63, 3.8) is 0 Å². The molecule has 0 aliphatic heterocycles. The smallest absolute Gasteiger partial charge is 0.220 e. The molecule has 0 spiro atoms. The van der Waals surface area contributed by atoms with Gasteiger partial charge in [-0.15, -0.1) is 11.6 Å². The van der Waals surface area contributed by atoms with Crippen LogP contribution in [0.25, 0.3) is 0 Å². The number of nitrogens with one attached hydrogen (secondary N) is 1. The standard InChI is InChI=1S/C12H22ClNO/c1-10-5-4-6-11(9-10)14-12(15)7-2-3-8-13/h10-11H,2-9H2,1H3,(H,14,15). The van der Waals surface area contributed by atoms with Crippen molar-refractivity contribution < 1.29 is 4.79 Å². The average molecular weight is 232 g/mol. The van der Waals surface area contributed by atoms with Gasteiger partial charge >= 0.3 is 0 Å². The second-order valence-electron chi connectivity index (χ2n) is 4.68. The number of rotatable bonds is 5. The van der Waals surface area contributed by atoms with Gasteiger partial charge in [-0.1, -0.05) is 19.8 Å². The fourth-order valence-corrected chi connectivity index (χ4v) is 2.43. The highest BCUT2D eigenvalue weighted by atomic mass is 35.5. The molecular formula is C12H22ClNO. The summed E-state index contributed by atoms with van der Waals surface area (Å²) in [5.74, 6) is 1.64. The summed E-state index contributed by atoms with van der Waals surface area (Å²) >= 11 is 5.56. The first-order valence-corrected chi connectivity index (χ1v) is 6.61. The van der Waals surface area contributed by atoms with Crippen LogP contribution in [0.3, 0.4) is 0 Å². The van der Waals surface area contributed by atoms with Crippen LogP contribution in [-0.2, 0) is 4.79 Å². The van der Waals surface area contributed by atoms with E-state index in [-0.39, 0.29) is 5.91 Å². The molecule has 0 aromatic carbocycles. The van der Waals surface area contributed by atoms with Crippen LogP contribution in [0.2, 0.25) is 0 Å². The summed E-state index contributed by atoms with van der Waals surface area (Å²) in [6.45, 7) is 2.27. The van der Waals surface area contributed by atoms with Crippen molar-refractivity contribution in [2.75, 3.05) is 5.88 Å². The molecule has 1 fully saturated rings. The van der Waals surface area contributed by atoms with Gasteiger partial charge in [-0.2, -0.15) is 0 Å². The van der Waals surface area contributed by atoms with Crippen LogP contribution in [0, 0.1) is 5.92 Å². The lowest BCUT2D eigenvalue weighted by Crippen LogP contribution is -2.37. The van der Waals surface area contributed by atoms with E-state index in [0.29, 0.717) is 18.3 Å². The quantitative estimate of drug-likeness (QED) is 0.572. The number of hydrogen-bond donors (Lipinski definition) is 1. The lowest BCUT2D eigenvalue weighted by molar-refractivity contribution is -0.122. The molecule has 2 atom stereocenters. The molecule has 1 N–H and O–H groups in total. The van der Waals surface area contributed by atoms with Crippen molar-refractivity contribution in [2.45, 2.75) is 57.9 Å². The maximum absolute atomic E-state index is 11.5. The van der Waals surface area contributed by atoms with Gasteiger partial charge in [-0.25, -0.2) is 0 Å². The summed E-state index contributed by atoms with van der Waals surface area (Å²) in [4.78, 5) is 11.5. The molecule has 0 aromatic heterocycles. The Kier molecular flexibility index (Phi) is 6.07. The number of hydrogen-bond acceptors (Lipinski definition) is 1. The van der Waals surface area contributed by atoms with Crippen LogP contribution >= 0.6 is 11.6 Å². The van der Waals surface area contributed by atoms with Crippen LogP contribution in [0.5, 0.6) is 0 Å². The Labute approximate surface area is 97.8 Å². The third kappa shape index (κ3) is 5.41. The summed E-state index contributed by atoms with van der Waals surface area (Å²) in [5.41, 5.74) is 0. The van der Waals surface area contributed by atoms with E-state index in [1.807, 2.05) is 0 Å². The van der Waals surface area contributed by atoms with Crippen molar-refractivity contribution in [1.29, 1.82) is 0 Å². The number of halogens is 1. The Hall–Kier alpha value is -0.240. The van der Waals surface area contributed by atoms with Crippen molar-refractivity contribution in [1.82, 2.24) is 5.32 Å². The average Bonchev–Trinajstić information content (AvgIpc) is 2.18. The fraction of sp³-hybridized carbons (Fsp3) is 0.917. The summed E-state index contributed by atoms with van der Waals surface area (Å²) in [7, 11) is 0. The second-order valence-corrected chi connectivity index (χ2v) is 5.06. The van der Waals surface area contributed by atoms with Crippen LogP contribution in [0.1, 0.15) is 51.9 Å². The van der Waals surface area contributed by atoms with Gasteiger partial charge in [0.05, 0.1) is 0 Å². The van der Waals surface area contributed by atoms with Gasteiger partial charge < -0.3 is 5.32 Å². The van der Waals surface area contributed by atoms with Crippen molar-refractivity contribution >= 4 is 17.5 Å². The van der Waals surface area contributed by atoms with E-state index in [9.17, 15) is 4.79 Å². The van der Waals surface area contributed by atoms with E-state index in [1.165, 1.54) is 12.8 Å². The lowest BCUT2D eigenvalue weighted by atomic mass is 9.87. The molecule has 1 saturated carbocycles. The maximum atomic E-state index is 11.5. The van der Waals surface area contributed by atoms with E-state index in [0.717, 1.165) is 31.6 Å². The number of alkyl halides is 1. The van der Waals surface area contributed by atoms with E-state index >= 15 is 0 Å². The van der Waals surface area contributed by atoms with Gasteiger partial charge in [0.25, 0.3) is 0 Å². The third-order valence-corrected chi connectivity index (χ3v) is 3.36. The highest BCUT2D eigenvalue weighted by Crippen LogP contribution is 2.23. The lowest BCUT2D eigenvalue weighted by Gasteiger charge is -2.27. The molecular weight excluding hydrogens is 210 g/mol. The second kappa shape index (κ2) is 7.10. The van der Waals surface area contributed by atoms with Crippen LogP contribution in [-0.4, -0.2) is 17.8 Å². The predicted molar refractivity (Wildman–Crippen MR) is 64.1 cm³/mol. The molecule has 0 aromatic rings. The number of unbranched alkanes of at least 4 members (excludes halogenated alkanes) is 1. The highest BCUT2D eigenvalue weighted by Gasteiger charge is 2.19.